The third kappa shape index (κ3) is 17.3. The van der Waals surface area contributed by atoms with Crippen LogP contribution in [0.2, 0.25) is 0 Å². The summed E-state index contributed by atoms with van der Waals surface area (Å²) < 4.78 is 31.3. The number of nitrogens with zero attached hydrogens (tertiary/aromatic N) is 1. The number of alkyl halides is 1. The van der Waals surface area contributed by atoms with Crippen LogP contribution in [0.4, 0.5) is 0 Å². The van der Waals surface area contributed by atoms with Crippen LogP contribution in [0.3, 0.4) is 0 Å². The van der Waals surface area contributed by atoms with E-state index < -0.39 is 21.4 Å². The van der Waals surface area contributed by atoms with Crippen molar-refractivity contribution in [3.8, 4) is 0 Å². The van der Waals surface area contributed by atoms with Crippen molar-refractivity contribution in [2.24, 2.45) is 0 Å². The van der Waals surface area contributed by atoms with Gasteiger partial charge in [-0.05, 0) is 18.2 Å². The molecular formula is C17H35Cl2NO3S. The Morgan fingerprint density at radius 3 is 1.71 bits per heavy atom. The molecule has 0 aliphatic heterocycles. The molecule has 146 valence electrons. The van der Waals surface area contributed by atoms with Gasteiger partial charge in [-0.2, -0.15) is 8.42 Å². The monoisotopic (exact) mass is 403 g/mol. The van der Waals surface area contributed by atoms with E-state index in [4.69, 9.17) is 27.9 Å². The average Bonchev–Trinajstić information content (AvgIpc) is 2.52. The lowest BCUT2D eigenvalue weighted by Crippen LogP contribution is -2.27. The summed E-state index contributed by atoms with van der Waals surface area (Å²) in [6, 6.07) is 0. The lowest BCUT2D eigenvalue weighted by Gasteiger charge is -2.18. The van der Waals surface area contributed by atoms with Crippen LogP contribution in [-0.2, 0) is 10.1 Å². The molecular weight excluding hydrogens is 369 g/mol. The molecule has 24 heavy (non-hydrogen) atoms. The summed E-state index contributed by atoms with van der Waals surface area (Å²) in [5.74, 6) is -0.391. The lowest BCUT2D eigenvalue weighted by atomic mass is 10.0. The van der Waals surface area contributed by atoms with Crippen molar-refractivity contribution in [2.45, 2.75) is 95.9 Å². The fourth-order valence-corrected chi connectivity index (χ4v) is 3.60. The highest BCUT2D eigenvalue weighted by Gasteiger charge is 2.16. The molecule has 0 rings (SSSR count). The Morgan fingerprint density at radius 1 is 0.875 bits per heavy atom. The number of hydrogen-bond acceptors (Lipinski definition) is 3. The number of hydrogen-bond donors (Lipinski definition) is 1. The summed E-state index contributed by atoms with van der Waals surface area (Å²) in [4.78, 5) is 0. The molecule has 4 nitrogen and oxygen atoms in total. The third-order valence-corrected chi connectivity index (χ3v) is 5.82. The molecule has 0 fully saturated rings. The molecule has 0 aromatic heterocycles. The first-order chi connectivity index (χ1) is 11.4. The Bertz CT molecular complexity index is 380. The maximum absolute atomic E-state index is 10.7. The van der Waals surface area contributed by atoms with Gasteiger partial charge >= 0.3 is 0 Å². The van der Waals surface area contributed by atoms with E-state index in [2.05, 4.69) is 6.92 Å². The Balaban J connectivity index is 3.37. The Morgan fingerprint density at radius 2 is 1.29 bits per heavy atom. The van der Waals surface area contributed by atoms with Crippen molar-refractivity contribution in [2.75, 3.05) is 12.3 Å². The lowest BCUT2D eigenvalue weighted by molar-refractivity contribution is 0.401. The molecule has 0 radical (unpaired) electrons. The number of unbranched alkanes of at least 4 members (excludes halogenated alkanes) is 11. The van der Waals surface area contributed by atoms with Gasteiger partial charge in [-0.1, -0.05) is 84.0 Å². The normalized spacial score (nSPS) is 13.5. The zero-order valence-corrected chi connectivity index (χ0v) is 17.4. The molecule has 1 atom stereocenters. The van der Waals surface area contributed by atoms with Gasteiger partial charge in [0.15, 0.2) is 0 Å². The van der Waals surface area contributed by atoms with Gasteiger partial charge in [0.1, 0.15) is 0 Å². The topological polar surface area (TPSA) is 57.6 Å². The highest BCUT2D eigenvalue weighted by Crippen LogP contribution is 2.17. The van der Waals surface area contributed by atoms with E-state index in [1.807, 2.05) is 0 Å². The van der Waals surface area contributed by atoms with Gasteiger partial charge in [-0.15, -0.1) is 11.6 Å². The van der Waals surface area contributed by atoms with Crippen LogP contribution in [0.1, 0.15) is 90.4 Å². The van der Waals surface area contributed by atoms with Gasteiger partial charge in [0.2, 0.25) is 0 Å². The Kier molecular flexibility index (Phi) is 16.0. The van der Waals surface area contributed by atoms with Crippen molar-refractivity contribution in [1.29, 1.82) is 0 Å². The fourth-order valence-electron chi connectivity index (χ4n) is 2.64. The molecule has 0 aliphatic rings. The average molecular weight is 404 g/mol. The number of rotatable bonds is 17. The van der Waals surface area contributed by atoms with Crippen LogP contribution in [-0.4, -0.2) is 35.2 Å². The molecule has 0 aromatic carbocycles. The first-order valence-electron chi connectivity index (χ1n) is 9.38. The summed E-state index contributed by atoms with van der Waals surface area (Å²) in [5.41, 5.74) is -0.392. The van der Waals surface area contributed by atoms with Crippen molar-refractivity contribution in [3.63, 3.8) is 0 Å². The summed E-state index contributed by atoms with van der Waals surface area (Å²) in [6.45, 7) is 2.28. The SMILES string of the molecule is CCCCCCCCCCCCCCC(Cl)N(Cl)CCS(=O)(=O)O. The van der Waals surface area contributed by atoms with E-state index in [-0.39, 0.29) is 6.54 Å². The molecule has 0 saturated carbocycles. The van der Waals surface area contributed by atoms with Crippen LogP contribution in [0.25, 0.3) is 0 Å². The second kappa shape index (κ2) is 15.7. The van der Waals surface area contributed by atoms with Crippen molar-refractivity contribution in [3.05, 3.63) is 0 Å². The van der Waals surface area contributed by atoms with Gasteiger partial charge < -0.3 is 0 Å². The van der Waals surface area contributed by atoms with Gasteiger partial charge in [0, 0.05) is 6.54 Å². The predicted octanol–water partition coefficient (Wildman–Crippen LogP) is 5.99. The molecule has 0 saturated heterocycles. The van der Waals surface area contributed by atoms with Gasteiger partial charge in [0.25, 0.3) is 10.1 Å². The Hall–Kier alpha value is 0.450. The first-order valence-corrected chi connectivity index (χ1v) is 11.8. The largest absolute Gasteiger partial charge is 0.286 e. The van der Waals surface area contributed by atoms with E-state index >= 15 is 0 Å². The molecule has 0 aromatic rings. The standard InChI is InChI=1S/C17H35Cl2NO3S/c1-2-3-4-5-6-7-8-9-10-11-12-13-14-17(18)20(19)15-16-24(21,22)23/h17H,2-16H2,1H3,(H,21,22,23). The van der Waals surface area contributed by atoms with Gasteiger partial charge in [-0.3, -0.25) is 4.55 Å². The minimum absolute atomic E-state index is 0.0345. The predicted molar refractivity (Wildman–Crippen MR) is 104 cm³/mol. The quantitative estimate of drug-likeness (QED) is 0.106. The summed E-state index contributed by atoms with van der Waals surface area (Å²) >= 11 is 12.0. The molecule has 0 amide bonds. The minimum Gasteiger partial charge on any atom is -0.286 e. The van der Waals surface area contributed by atoms with E-state index in [0.29, 0.717) is 0 Å². The third-order valence-electron chi connectivity index (χ3n) is 4.16. The van der Waals surface area contributed by atoms with Crippen LogP contribution in [0.5, 0.6) is 0 Å². The van der Waals surface area contributed by atoms with Crippen LogP contribution in [0, 0.1) is 0 Å². The van der Waals surface area contributed by atoms with Crippen LogP contribution < -0.4 is 0 Å². The first kappa shape index (κ1) is 24.5. The second-order valence-electron chi connectivity index (χ2n) is 6.52. The molecule has 7 heteroatoms. The van der Waals surface area contributed by atoms with Crippen LogP contribution in [0.15, 0.2) is 0 Å². The summed E-state index contributed by atoms with van der Waals surface area (Å²) in [6.07, 6.45) is 16.2. The van der Waals surface area contributed by atoms with Gasteiger partial charge in [0.05, 0.1) is 11.3 Å². The zero-order chi connectivity index (χ0) is 18.3. The van der Waals surface area contributed by atoms with Crippen molar-refractivity contribution >= 4 is 33.5 Å². The maximum Gasteiger partial charge on any atom is 0.266 e. The van der Waals surface area contributed by atoms with E-state index in [9.17, 15) is 8.42 Å². The van der Waals surface area contributed by atoms with Gasteiger partial charge in [-0.25, -0.2) is 4.42 Å². The smallest absolute Gasteiger partial charge is 0.266 e. The summed E-state index contributed by atoms with van der Waals surface area (Å²) in [5, 5.41) is 0. The van der Waals surface area contributed by atoms with E-state index in [0.717, 1.165) is 19.3 Å². The summed E-state index contributed by atoms with van der Waals surface area (Å²) in [7, 11) is -3.98. The molecule has 1 N–H and O–H groups in total. The minimum atomic E-state index is -3.98. The van der Waals surface area contributed by atoms with E-state index in [1.165, 1.54) is 68.6 Å². The maximum atomic E-state index is 10.7. The molecule has 0 aliphatic carbocycles. The van der Waals surface area contributed by atoms with Crippen molar-refractivity contribution < 1.29 is 13.0 Å². The molecule has 0 heterocycles. The zero-order valence-electron chi connectivity index (χ0n) is 15.1. The second-order valence-corrected chi connectivity index (χ2v) is 9.03. The van der Waals surface area contributed by atoms with E-state index in [1.54, 1.807) is 0 Å². The molecule has 0 spiro atoms. The Labute approximate surface area is 159 Å². The fraction of sp³-hybridized carbons (Fsp3) is 1.00. The highest BCUT2D eigenvalue weighted by atomic mass is 35.5. The highest BCUT2D eigenvalue weighted by molar-refractivity contribution is 7.85. The molecule has 1 unspecified atom stereocenters. The van der Waals surface area contributed by atoms with Crippen molar-refractivity contribution in [1.82, 2.24) is 4.42 Å². The number of halogens is 2. The van der Waals surface area contributed by atoms with Crippen LogP contribution >= 0.6 is 23.4 Å². The molecule has 0 bridgehead atoms.